The van der Waals surface area contributed by atoms with Crippen molar-refractivity contribution in [2.75, 3.05) is 0 Å². The van der Waals surface area contributed by atoms with Crippen LogP contribution in [0.3, 0.4) is 0 Å². The second kappa shape index (κ2) is 6.44. The van der Waals surface area contributed by atoms with E-state index in [0.29, 0.717) is 0 Å². The third-order valence-corrected chi connectivity index (χ3v) is 9.07. The Bertz CT molecular complexity index is 2030. The van der Waals surface area contributed by atoms with Gasteiger partial charge in [0.15, 0.2) is 0 Å². The Morgan fingerprint density at radius 2 is 1.00 bits per heavy atom. The van der Waals surface area contributed by atoms with Crippen LogP contribution in [-0.4, -0.2) is 4.57 Å². The van der Waals surface area contributed by atoms with Gasteiger partial charge in [0.2, 0.25) is 0 Å². The molecule has 0 N–H and O–H groups in total. The minimum atomic E-state index is 1.22. The van der Waals surface area contributed by atoms with Crippen molar-refractivity contribution >= 4 is 84.8 Å². The molecule has 154 valence electrons. The van der Waals surface area contributed by atoms with E-state index in [1.165, 1.54) is 67.8 Å². The number of hydrogen-bond acceptors (Lipinski definition) is 2. The van der Waals surface area contributed by atoms with Gasteiger partial charge in [0.05, 0.1) is 11.0 Å². The van der Waals surface area contributed by atoms with E-state index in [0.717, 1.165) is 0 Å². The molecule has 0 fully saturated rings. The van der Waals surface area contributed by atoms with E-state index < -0.39 is 0 Å². The van der Waals surface area contributed by atoms with Gasteiger partial charge in [0.25, 0.3) is 0 Å². The van der Waals surface area contributed by atoms with E-state index in [2.05, 4.69) is 108 Å². The van der Waals surface area contributed by atoms with E-state index in [-0.39, 0.29) is 0 Å². The van der Waals surface area contributed by atoms with E-state index in [4.69, 9.17) is 0 Å². The maximum Gasteiger partial charge on any atom is 0.0555 e. The van der Waals surface area contributed by atoms with E-state index in [1.54, 1.807) is 0 Å². The molecule has 0 unspecified atom stereocenters. The van der Waals surface area contributed by atoms with Crippen LogP contribution in [0.15, 0.2) is 103 Å². The summed E-state index contributed by atoms with van der Waals surface area (Å²) in [6.45, 7) is 0. The van der Waals surface area contributed by atoms with Crippen molar-refractivity contribution in [2.24, 2.45) is 0 Å². The number of hydrogen-bond donors (Lipinski definition) is 0. The van der Waals surface area contributed by atoms with Crippen LogP contribution in [0, 0.1) is 0 Å². The highest BCUT2D eigenvalue weighted by atomic mass is 32.1. The van der Waals surface area contributed by atoms with E-state index in [9.17, 15) is 0 Å². The summed E-state index contributed by atoms with van der Waals surface area (Å²) in [5.74, 6) is 0. The third kappa shape index (κ3) is 2.41. The van der Waals surface area contributed by atoms with Gasteiger partial charge in [-0.3, -0.25) is 0 Å². The molecule has 3 heteroatoms. The molecule has 8 aromatic rings. The molecule has 0 radical (unpaired) electrons. The van der Waals surface area contributed by atoms with Gasteiger partial charge >= 0.3 is 0 Å². The quantitative estimate of drug-likeness (QED) is 0.232. The summed E-state index contributed by atoms with van der Waals surface area (Å²) in [5, 5.41) is 8.00. The van der Waals surface area contributed by atoms with Crippen LogP contribution in [0.1, 0.15) is 0 Å². The molecule has 1 nitrogen and oxygen atoms in total. The number of thiophene rings is 2. The Morgan fingerprint density at radius 3 is 1.79 bits per heavy atom. The molecule has 8 rings (SSSR count). The molecule has 0 saturated carbocycles. The lowest BCUT2D eigenvalue weighted by atomic mass is 10.1. The highest BCUT2D eigenvalue weighted by Crippen LogP contribution is 2.41. The summed E-state index contributed by atoms with van der Waals surface area (Å²) in [6.07, 6.45) is 0. The van der Waals surface area contributed by atoms with Crippen LogP contribution in [0.4, 0.5) is 0 Å². The largest absolute Gasteiger partial charge is 0.309 e. The molecule has 3 heterocycles. The molecular weight excluding hydrogens is 438 g/mol. The standard InChI is InChI=1S/C30H17NS2/c1-4-10-25-19(7-1)22-16-24-21-9-3-6-12-28(21)33-30(24)17-26(22)31(25)18-13-14-29-23(15-18)20-8-2-5-11-27(20)32-29/h1-17H. The molecular formula is C30H17NS2. The predicted octanol–water partition coefficient (Wildman–Crippen LogP) is 9.52. The average Bonchev–Trinajstić information content (AvgIpc) is 3.51. The van der Waals surface area contributed by atoms with Crippen molar-refractivity contribution in [3.8, 4) is 5.69 Å². The fraction of sp³-hybridized carbons (Fsp3) is 0. The Hall–Kier alpha value is -3.66. The summed E-state index contributed by atoms with van der Waals surface area (Å²) < 4.78 is 7.82. The van der Waals surface area contributed by atoms with Crippen LogP contribution < -0.4 is 0 Å². The van der Waals surface area contributed by atoms with Gasteiger partial charge in [-0.15, -0.1) is 22.7 Å². The predicted molar refractivity (Wildman–Crippen MR) is 147 cm³/mol. The lowest BCUT2D eigenvalue weighted by Crippen LogP contribution is -1.93. The average molecular weight is 456 g/mol. The summed E-state index contributed by atoms with van der Waals surface area (Å²) in [7, 11) is 0. The molecule has 33 heavy (non-hydrogen) atoms. The van der Waals surface area contributed by atoms with E-state index >= 15 is 0 Å². The first-order chi connectivity index (χ1) is 16.3. The fourth-order valence-electron chi connectivity index (χ4n) is 5.32. The molecule has 0 spiro atoms. The van der Waals surface area contributed by atoms with Crippen molar-refractivity contribution in [3.05, 3.63) is 103 Å². The van der Waals surface area contributed by atoms with Crippen molar-refractivity contribution in [1.29, 1.82) is 0 Å². The molecule has 5 aromatic carbocycles. The zero-order valence-corrected chi connectivity index (χ0v) is 19.2. The van der Waals surface area contributed by atoms with Gasteiger partial charge < -0.3 is 4.57 Å². The maximum atomic E-state index is 2.44. The summed E-state index contributed by atoms with van der Waals surface area (Å²) >= 11 is 3.76. The Balaban J connectivity index is 1.52. The second-order valence-electron chi connectivity index (χ2n) is 8.59. The number of rotatable bonds is 1. The minimum Gasteiger partial charge on any atom is -0.309 e. The number of fused-ring (bicyclic) bond motifs is 9. The highest BCUT2D eigenvalue weighted by molar-refractivity contribution is 7.26. The Labute approximate surface area is 197 Å². The lowest BCUT2D eigenvalue weighted by Gasteiger charge is -2.08. The van der Waals surface area contributed by atoms with Crippen LogP contribution in [0.5, 0.6) is 0 Å². The molecule has 0 aliphatic carbocycles. The van der Waals surface area contributed by atoms with Gasteiger partial charge in [0, 0.05) is 56.8 Å². The second-order valence-corrected chi connectivity index (χ2v) is 10.8. The summed E-state index contributed by atoms with van der Waals surface area (Å²) in [6, 6.07) is 38.0. The maximum absolute atomic E-state index is 2.44. The summed E-state index contributed by atoms with van der Waals surface area (Å²) in [5.41, 5.74) is 3.75. The first-order valence-electron chi connectivity index (χ1n) is 11.1. The zero-order chi connectivity index (χ0) is 21.5. The highest BCUT2D eigenvalue weighted by Gasteiger charge is 2.16. The molecule has 0 aliphatic heterocycles. The Morgan fingerprint density at radius 1 is 0.394 bits per heavy atom. The van der Waals surface area contributed by atoms with Crippen LogP contribution in [0.2, 0.25) is 0 Å². The summed E-state index contributed by atoms with van der Waals surface area (Å²) in [4.78, 5) is 0. The van der Waals surface area contributed by atoms with Crippen LogP contribution in [-0.2, 0) is 0 Å². The number of nitrogens with zero attached hydrogens (tertiary/aromatic N) is 1. The smallest absolute Gasteiger partial charge is 0.0555 e. The molecule has 0 saturated heterocycles. The molecule has 3 aromatic heterocycles. The number of para-hydroxylation sites is 1. The molecule has 0 atom stereocenters. The van der Waals surface area contributed by atoms with Crippen molar-refractivity contribution in [1.82, 2.24) is 4.57 Å². The minimum absolute atomic E-state index is 1.22. The topological polar surface area (TPSA) is 4.93 Å². The lowest BCUT2D eigenvalue weighted by molar-refractivity contribution is 1.19. The Kier molecular flexibility index (Phi) is 3.48. The zero-order valence-electron chi connectivity index (χ0n) is 17.6. The number of benzene rings is 5. The number of aromatic nitrogens is 1. The van der Waals surface area contributed by atoms with Crippen LogP contribution >= 0.6 is 22.7 Å². The van der Waals surface area contributed by atoms with Gasteiger partial charge in [-0.2, -0.15) is 0 Å². The monoisotopic (exact) mass is 455 g/mol. The van der Waals surface area contributed by atoms with Crippen molar-refractivity contribution < 1.29 is 0 Å². The van der Waals surface area contributed by atoms with Gasteiger partial charge in [0.1, 0.15) is 0 Å². The molecule has 0 amide bonds. The van der Waals surface area contributed by atoms with Crippen LogP contribution in [0.25, 0.3) is 67.8 Å². The first-order valence-corrected chi connectivity index (χ1v) is 12.7. The van der Waals surface area contributed by atoms with Gasteiger partial charge in [-0.1, -0.05) is 54.6 Å². The van der Waals surface area contributed by atoms with Crippen molar-refractivity contribution in [3.63, 3.8) is 0 Å². The van der Waals surface area contributed by atoms with Gasteiger partial charge in [-0.05, 0) is 48.5 Å². The molecule has 0 aliphatic rings. The van der Waals surface area contributed by atoms with Crippen molar-refractivity contribution in [2.45, 2.75) is 0 Å². The van der Waals surface area contributed by atoms with E-state index in [1.807, 2.05) is 22.7 Å². The fourth-order valence-corrected chi connectivity index (χ4v) is 7.53. The SMILES string of the molecule is c1ccc2c(c1)sc1ccc(-n3c4ccccc4c4cc5c(cc43)sc3ccccc35)cc12. The first kappa shape index (κ1) is 17.8. The normalized spacial score (nSPS) is 12.2. The third-order valence-electron chi connectivity index (χ3n) is 6.79. The van der Waals surface area contributed by atoms with Gasteiger partial charge in [-0.25, -0.2) is 0 Å². The molecule has 0 bridgehead atoms.